The predicted molar refractivity (Wildman–Crippen MR) is 195 cm³/mol. The molecule has 0 spiro atoms. The standard InChI is InChI=1S/C37H45N2P2.C5H5.Fe/c40-37(33-8-1-3-10-38-33,34-9-2-4-11-39-34)32-7-5-6-31(32)24-41(35-18-25-12-26(19-35)14-27(13-25)20-35)36-21-28-15-29(22-36)17-30(16-28)23-36;1-2-4-5-3-1;/h1-11,25-30H,12-24,40H2;1-5H;/q2*-1;+2. The average Bonchev–Trinajstić information content (AvgIpc) is 3.79. The summed E-state index contributed by atoms with van der Waals surface area (Å²) in [6, 6.07) is 30.1. The van der Waals surface area contributed by atoms with Crippen LogP contribution >= 0.6 is 17.2 Å². The van der Waals surface area contributed by atoms with Crippen LogP contribution in [0.5, 0.6) is 0 Å². The van der Waals surface area contributed by atoms with Crippen LogP contribution in [0.3, 0.4) is 0 Å². The largest absolute Gasteiger partial charge is 2.00 e. The van der Waals surface area contributed by atoms with E-state index in [1.807, 2.05) is 54.9 Å². The van der Waals surface area contributed by atoms with Crippen LogP contribution < -0.4 is 0 Å². The van der Waals surface area contributed by atoms with Crippen LogP contribution in [0.2, 0.25) is 0 Å². The molecule has 2 aromatic heterocycles. The molecular weight excluding hydrogens is 650 g/mol. The molecule has 12 rings (SSSR count). The van der Waals surface area contributed by atoms with E-state index in [2.05, 4.69) is 51.7 Å². The first-order valence-corrected chi connectivity index (χ1v) is 20.4. The maximum atomic E-state index is 4.96. The van der Waals surface area contributed by atoms with E-state index in [0.29, 0.717) is 10.3 Å². The molecule has 8 bridgehead atoms. The molecule has 47 heavy (non-hydrogen) atoms. The molecule has 5 heteroatoms. The molecule has 1 unspecified atom stereocenters. The third kappa shape index (κ3) is 5.79. The van der Waals surface area contributed by atoms with Crippen molar-refractivity contribution in [1.29, 1.82) is 0 Å². The van der Waals surface area contributed by atoms with Crippen LogP contribution in [0.15, 0.2) is 97.3 Å². The monoisotopic (exact) mass is 700 g/mol. The van der Waals surface area contributed by atoms with Crippen LogP contribution in [-0.4, -0.2) is 20.3 Å². The second-order valence-electron chi connectivity index (χ2n) is 16.5. The maximum Gasteiger partial charge on any atom is 2.00 e. The van der Waals surface area contributed by atoms with Crippen LogP contribution in [0, 0.1) is 35.5 Å². The van der Waals surface area contributed by atoms with Gasteiger partial charge < -0.3 is 0 Å². The Hall–Kier alpha value is -1.62. The van der Waals surface area contributed by atoms with E-state index >= 15 is 0 Å². The van der Waals surface area contributed by atoms with Gasteiger partial charge in [0.1, 0.15) is 0 Å². The Morgan fingerprint density at radius 1 is 0.638 bits per heavy atom. The fraction of sp³-hybridized carbons (Fsp3) is 0.524. The SMILES string of the molecule is PC(c1ccccn1)(c1ccccn1)c1[cH-]ccc1CP(C12CC3CC(CC(C3)C1)C2)C12CC3CC(CC(C3)C1)C2.[Fe+2].c1cc[cH-]c1. The van der Waals surface area contributed by atoms with Gasteiger partial charge in [-0.2, -0.15) is 35.9 Å². The molecule has 8 fully saturated rings. The molecule has 246 valence electrons. The van der Waals surface area contributed by atoms with Crippen molar-refractivity contribution >= 4 is 17.2 Å². The quantitative estimate of drug-likeness (QED) is 0.109. The van der Waals surface area contributed by atoms with Crippen molar-refractivity contribution in [1.82, 2.24) is 9.97 Å². The van der Waals surface area contributed by atoms with Gasteiger partial charge in [0.2, 0.25) is 0 Å². The minimum atomic E-state index is -0.425. The Balaban J connectivity index is 0.000000497. The van der Waals surface area contributed by atoms with Gasteiger partial charge in [0, 0.05) is 12.4 Å². The van der Waals surface area contributed by atoms with E-state index in [4.69, 9.17) is 9.97 Å². The summed E-state index contributed by atoms with van der Waals surface area (Å²) in [6.45, 7) is 0. The van der Waals surface area contributed by atoms with Crippen molar-refractivity contribution in [2.45, 2.75) is 98.7 Å². The zero-order valence-corrected chi connectivity index (χ0v) is 30.8. The number of nitrogens with zero attached hydrogens (tertiary/aromatic N) is 2. The van der Waals surface area contributed by atoms with Crippen molar-refractivity contribution in [3.63, 3.8) is 0 Å². The minimum Gasteiger partial charge on any atom is -0.260 e. The number of pyridine rings is 2. The van der Waals surface area contributed by atoms with Crippen molar-refractivity contribution in [2.24, 2.45) is 35.5 Å². The molecule has 1 atom stereocenters. The van der Waals surface area contributed by atoms with Crippen molar-refractivity contribution in [2.75, 3.05) is 0 Å². The first kappa shape index (κ1) is 32.6. The van der Waals surface area contributed by atoms with Crippen LogP contribution in [0.25, 0.3) is 0 Å². The molecule has 0 radical (unpaired) electrons. The summed E-state index contributed by atoms with van der Waals surface area (Å²) in [5, 5.41) is 0.860. The van der Waals surface area contributed by atoms with Gasteiger partial charge in [-0.05, 0) is 147 Å². The van der Waals surface area contributed by atoms with Crippen LogP contribution in [-0.2, 0) is 28.4 Å². The van der Waals surface area contributed by atoms with Gasteiger partial charge in [0.25, 0.3) is 0 Å². The second kappa shape index (κ2) is 12.9. The van der Waals surface area contributed by atoms with E-state index in [0.717, 1.165) is 46.9 Å². The topological polar surface area (TPSA) is 25.8 Å². The average molecular weight is 701 g/mol. The summed E-state index contributed by atoms with van der Waals surface area (Å²) in [7, 11) is 3.15. The van der Waals surface area contributed by atoms with E-state index in [9.17, 15) is 0 Å². The molecule has 0 aliphatic heterocycles. The zero-order valence-electron chi connectivity index (χ0n) is 27.7. The Morgan fingerprint density at radius 3 is 1.45 bits per heavy atom. The van der Waals surface area contributed by atoms with Crippen LogP contribution in [0.1, 0.15) is 99.6 Å². The summed E-state index contributed by atoms with van der Waals surface area (Å²) in [4.78, 5) is 9.91. The molecule has 2 aromatic carbocycles. The number of hydrogen-bond donors (Lipinski definition) is 0. The third-order valence-electron chi connectivity index (χ3n) is 13.5. The molecule has 2 heterocycles. The van der Waals surface area contributed by atoms with Gasteiger partial charge in [0.05, 0.1) is 16.5 Å². The fourth-order valence-electron chi connectivity index (χ4n) is 12.7. The van der Waals surface area contributed by atoms with Gasteiger partial charge in [-0.25, -0.2) is 18.2 Å². The molecule has 0 N–H and O–H groups in total. The summed E-state index contributed by atoms with van der Waals surface area (Å²) < 4.78 is 0. The van der Waals surface area contributed by atoms with Gasteiger partial charge in [-0.1, -0.05) is 18.3 Å². The summed E-state index contributed by atoms with van der Waals surface area (Å²) >= 11 is 0. The molecule has 8 aliphatic rings. The van der Waals surface area contributed by atoms with E-state index in [1.54, 1.807) is 82.6 Å². The Bertz CT molecular complexity index is 1440. The van der Waals surface area contributed by atoms with Gasteiger partial charge in [0.15, 0.2) is 0 Å². The third-order valence-corrected chi connectivity index (χ3v) is 18.5. The van der Waals surface area contributed by atoms with Gasteiger partial charge in [-0.3, -0.25) is 9.97 Å². The number of rotatable bonds is 7. The van der Waals surface area contributed by atoms with E-state index < -0.39 is 5.16 Å². The smallest absolute Gasteiger partial charge is 0.260 e. The zero-order chi connectivity index (χ0) is 30.8. The van der Waals surface area contributed by atoms with Gasteiger partial charge >= 0.3 is 17.1 Å². The van der Waals surface area contributed by atoms with Crippen LogP contribution in [0.4, 0.5) is 0 Å². The number of hydrogen-bond acceptors (Lipinski definition) is 2. The Morgan fingerprint density at radius 2 is 1.09 bits per heavy atom. The minimum absolute atomic E-state index is 0. The molecule has 0 amide bonds. The van der Waals surface area contributed by atoms with E-state index in [-0.39, 0.29) is 25.0 Å². The first-order chi connectivity index (χ1) is 22.5. The molecule has 8 saturated carbocycles. The molecular formula is C42H50FeN2P2. The second-order valence-corrected chi connectivity index (χ2v) is 20.5. The van der Waals surface area contributed by atoms with Crippen molar-refractivity contribution in [3.05, 3.63) is 120 Å². The number of aromatic nitrogens is 2. The molecule has 8 aliphatic carbocycles. The molecule has 2 nitrogen and oxygen atoms in total. The molecule has 0 saturated heterocycles. The Kier molecular flexibility index (Phi) is 8.96. The first-order valence-electron chi connectivity index (χ1n) is 18.3. The van der Waals surface area contributed by atoms with Gasteiger partial charge in [-0.15, -0.1) is 22.7 Å². The Labute approximate surface area is 296 Å². The summed E-state index contributed by atoms with van der Waals surface area (Å²) in [6.07, 6.45) is 24.0. The summed E-state index contributed by atoms with van der Waals surface area (Å²) in [5.74, 6) is 6.18. The predicted octanol–water partition coefficient (Wildman–Crippen LogP) is 10.7. The molecule has 4 aromatic rings. The fourth-order valence-corrected chi connectivity index (χ4v) is 18.5. The summed E-state index contributed by atoms with van der Waals surface area (Å²) in [5.41, 5.74) is 5.21. The van der Waals surface area contributed by atoms with Crippen molar-refractivity contribution in [3.8, 4) is 0 Å². The van der Waals surface area contributed by atoms with E-state index in [1.165, 1.54) is 11.7 Å². The maximum absolute atomic E-state index is 4.96. The normalized spacial score (nSPS) is 35.2. The van der Waals surface area contributed by atoms with Crippen molar-refractivity contribution < 1.29 is 17.1 Å².